The molecule has 2 heterocycles. The number of halogens is 8. The topological polar surface area (TPSA) is 28.7 Å². The van der Waals surface area contributed by atoms with E-state index in [0.717, 1.165) is 0 Å². The number of alkyl halides is 7. The highest BCUT2D eigenvalue weighted by atomic mass is 35.5. The fourth-order valence-electron chi connectivity index (χ4n) is 3.85. The number of fused-ring (bicyclic) bond motifs is 2. The third kappa shape index (κ3) is 3.21. The van der Waals surface area contributed by atoms with Crippen LogP contribution in [0.25, 0.3) is 33.1 Å². The lowest BCUT2D eigenvalue weighted by molar-refractivity contribution is -0.348. The normalized spacial score (nSPS) is 13.3. The summed E-state index contributed by atoms with van der Waals surface area (Å²) in [6.07, 6.45) is -10.8. The van der Waals surface area contributed by atoms with Crippen molar-refractivity contribution in [3.05, 3.63) is 64.3 Å². The van der Waals surface area contributed by atoms with Gasteiger partial charge >= 0.3 is 18.0 Å². The first-order chi connectivity index (χ1) is 14.8. The molecule has 1 N–H and O–H groups in total. The molecule has 168 valence electrons. The molecular formula is C22H14ClF7N2. The van der Waals surface area contributed by atoms with Crippen molar-refractivity contribution < 1.29 is 30.7 Å². The minimum atomic E-state index is -6.18. The number of H-pyrrole nitrogens is 1. The summed E-state index contributed by atoms with van der Waals surface area (Å²) in [6, 6.07) is 7.88. The Morgan fingerprint density at radius 1 is 0.844 bits per heavy atom. The van der Waals surface area contributed by atoms with Crippen molar-refractivity contribution in [1.82, 2.24) is 9.97 Å². The van der Waals surface area contributed by atoms with Crippen LogP contribution in [0.1, 0.15) is 16.7 Å². The van der Waals surface area contributed by atoms with Gasteiger partial charge in [0.05, 0.1) is 10.5 Å². The van der Waals surface area contributed by atoms with E-state index < -0.39 is 23.6 Å². The summed E-state index contributed by atoms with van der Waals surface area (Å²) in [7, 11) is 0. The third-order valence-corrected chi connectivity index (χ3v) is 5.85. The first-order valence-electron chi connectivity index (χ1n) is 9.26. The molecule has 32 heavy (non-hydrogen) atoms. The molecule has 2 aromatic carbocycles. The first kappa shape index (κ1) is 22.4. The zero-order chi connectivity index (χ0) is 23.6. The summed E-state index contributed by atoms with van der Waals surface area (Å²) in [4.78, 5) is 7.23. The molecule has 10 heteroatoms. The maximum Gasteiger partial charge on any atom is 0.435 e. The van der Waals surface area contributed by atoms with E-state index in [2.05, 4.69) is 9.97 Å². The molecule has 0 bridgehead atoms. The Morgan fingerprint density at radius 2 is 1.50 bits per heavy atom. The van der Waals surface area contributed by atoms with Crippen molar-refractivity contribution in [3.63, 3.8) is 0 Å². The van der Waals surface area contributed by atoms with E-state index >= 15 is 0 Å². The van der Waals surface area contributed by atoms with Crippen molar-refractivity contribution in [2.24, 2.45) is 0 Å². The van der Waals surface area contributed by atoms with Crippen molar-refractivity contribution in [3.8, 4) is 11.3 Å². The highest BCUT2D eigenvalue weighted by Gasteiger charge is 2.73. The highest BCUT2D eigenvalue weighted by molar-refractivity contribution is 6.35. The minimum absolute atomic E-state index is 0.0443. The lowest BCUT2D eigenvalue weighted by atomic mass is 9.91. The molecule has 0 saturated carbocycles. The van der Waals surface area contributed by atoms with E-state index in [1.54, 1.807) is 24.3 Å². The Labute approximate surface area is 182 Å². The van der Waals surface area contributed by atoms with Gasteiger partial charge in [-0.05, 0) is 54.8 Å². The summed E-state index contributed by atoms with van der Waals surface area (Å²) in [5.41, 5.74) is -4.60. The van der Waals surface area contributed by atoms with Gasteiger partial charge in [-0.2, -0.15) is 26.3 Å². The predicted molar refractivity (Wildman–Crippen MR) is 108 cm³/mol. The van der Waals surface area contributed by atoms with Crippen molar-refractivity contribution in [2.45, 2.75) is 31.9 Å². The van der Waals surface area contributed by atoms with E-state index in [-0.39, 0.29) is 10.9 Å². The lowest BCUT2D eigenvalue weighted by Crippen LogP contribution is -2.50. The summed E-state index contributed by atoms with van der Waals surface area (Å²) in [5, 5.41) is 1.11. The molecule has 0 aliphatic heterocycles. The van der Waals surface area contributed by atoms with Crippen LogP contribution in [-0.2, 0) is 5.67 Å². The number of aryl methyl sites for hydroxylation is 2. The van der Waals surface area contributed by atoms with Crippen LogP contribution >= 0.6 is 11.6 Å². The van der Waals surface area contributed by atoms with Gasteiger partial charge in [-0.3, -0.25) is 4.98 Å². The van der Waals surface area contributed by atoms with Gasteiger partial charge in [0.15, 0.2) is 0 Å². The second-order valence-electron chi connectivity index (χ2n) is 7.52. The number of benzene rings is 2. The average Bonchev–Trinajstić information content (AvgIpc) is 3.03. The van der Waals surface area contributed by atoms with Gasteiger partial charge in [-0.15, -0.1) is 0 Å². The van der Waals surface area contributed by atoms with Crippen LogP contribution in [0.15, 0.2) is 42.6 Å². The largest absolute Gasteiger partial charge is 0.435 e. The maximum absolute atomic E-state index is 14.6. The number of aromatic nitrogens is 2. The predicted octanol–water partition coefficient (Wildman–Crippen LogP) is 7.94. The molecule has 4 aromatic rings. The molecule has 0 radical (unpaired) electrons. The lowest BCUT2D eigenvalue weighted by Gasteiger charge is -2.30. The number of hydrogen-bond donors (Lipinski definition) is 1. The Morgan fingerprint density at radius 3 is 2.12 bits per heavy atom. The maximum atomic E-state index is 14.6. The molecule has 2 aromatic heterocycles. The van der Waals surface area contributed by atoms with Gasteiger partial charge in [0.25, 0.3) is 0 Å². The van der Waals surface area contributed by atoms with E-state index in [9.17, 15) is 30.7 Å². The number of pyridine rings is 1. The molecule has 0 spiro atoms. The summed E-state index contributed by atoms with van der Waals surface area (Å²) in [5.74, 6) is 0. The molecule has 0 atom stereocenters. The molecule has 4 rings (SSSR count). The average molecular weight is 475 g/mol. The van der Waals surface area contributed by atoms with Crippen molar-refractivity contribution in [1.29, 1.82) is 0 Å². The molecule has 0 amide bonds. The smallest absolute Gasteiger partial charge is 0.354 e. The van der Waals surface area contributed by atoms with Gasteiger partial charge in [0.2, 0.25) is 0 Å². The molecule has 0 aliphatic rings. The van der Waals surface area contributed by atoms with Gasteiger partial charge in [0.1, 0.15) is 0 Å². The van der Waals surface area contributed by atoms with E-state index in [0.29, 0.717) is 50.4 Å². The Hall–Kier alpha value is -2.81. The Balaban J connectivity index is 1.96. The molecule has 0 unspecified atom stereocenters. The zero-order valence-electron chi connectivity index (χ0n) is 16.5. The van der Waals surface area contributed by atoms with E-state index in [1.165, 1.54) is 20.0 Å². The van der Waals surface area contributed by atoms with Crippen LogP contribution in [0.2, 0.25) is 5.02 Å². The zero-order valence-corrected chi connectivity index (χ0v) is 17.3. The van der Waals surface area contributed by atoms with Crippen LogP contribution in [0, 0.1) is 13.8 Å². The summed E-state index contributed by atoms with van der Waals surface area (Å²) in [6.45, 7) is 2.85. The van der Waals surface area contributed by atoms with E-state index in [1.807, 2.05) is 0 Å². The number of nitrogens with one attached hydrogen (secondary N) is 1. The van der Waals surface area contributed by atoms with Gasteiger partial charge in [0, 0.05) is 33.7 Å². The SMILES string of the molecule is Cc1c(-c2ccc3nccc(Cl)c3c2)[nH]c2c(C)cc(C(F)(C(F)(F)F)C(F)(F)F)cc12. The fraction of sp³-hybridized carbons (Fsp3) is 0.227. The minimum Gasteiger partial charge on any atom is -0.354 e. The van der Waals surface area contributed by atoms with Gasteiger partial charge in [-0.25, -0.2) is 4.39 Å². The number of aromatic amines is 1. The second kappa shape index (κ2) is 7.10. The van der Waals surface area contributed by atoms with Gasteiger partial charge in [-0.1, -0.05) is 23.7 Å². The number of rotatable bonds is 2. The standard InChI is InChI=1S/C22H14ClF7N2/c1-10-7-13(20(24,21(25,26)27)22(28,29)30)9-14-11(2)19(32-18(10)14)12-3-4-17-15(8-12)16(23)5-6-31-17/h3-9,32H,1-2H3. The summed E-state index contributed by atoms with van der Waals surface area (Å²) < 4.78 is 94.2. The van der Waals surface area contributed by atoms with Crippen molar-refractivity contribution >= 4 is 33.4 Å². The Bertz CT molecular complexity index is 1340. The van der Waals surface area contributed by atoms with Crippen LogP contribution in [0.3, 0.4) is 0 Å². The first-order valence-corrected chi connectivity index (χ1v) is 9.64. The highest BCUT2D eigenvalue weighted by Crippen LogP contribution is 2.54. The third-order valence-electron chi connectivity index (χ3n) is 5.52. The second-order valence-corrected chi connectivity index (χ2v) is 7.93. The fourth-order valence-corrected chi connectivity index (χ4v) is 4.05. The molecule has 0 fully saturated rings. The molecule has 0 saturated heterocycles. The van der Waals surface area contributed by atoms with Gasteiger partial charge < -0.3 is 4.98 Å². The Kier molecular flexibility index (Phi) is 4.96. The van der Waals surface area contributed by atoms with Crippen LogP contribution < -0.4 is 0 Å². The quantitative estimate of drug-likeness (QED) is 0.293. The molecular weight excluding hydrogens is 461 g/mol. The van der Waals surface area contributed by atoms with Crippen LogP contribution in [-0.4, -0.2) is 22.3 Å². The molecule has 2 nitrogen and oxygen atoms in total. The molecule has 0 aliphatic carbocycles. The van der Waals surface area contributed by atoms with Crippen LogP contribution in [0.5, 0.6) is 0 Å². The van der Waals surface area contributed by atoms with Crippen LogP contribution in [0.4, 0.5) is 30.7 Å². The number of nitrogens with zero attached hydrogens (tertiary/aromatic N) is 1. The summed E-state index contributed by atoms with van der Waals surface area (Å²) >= 11 is 6.21. The monoisotopic (exact) mass is 474 g/mol. The van der Waals surface area contributed by atoms with E-state index in [4.69, 9.17) is 11.6 Å². The van der Waals surface area contributed by atoms with Crippen molar-refractivity contribution in [2.75, 3.05) is 0 Å². The number of hydrogen-bond acceptors (Lipinski definition) is 1.